The smallest absolute Gasteiger partial charge is 0.305 e. The van der Waals surface area contributed by atoms with Gasteiger partial charge in [-0.3, -0.25) is 9.69 Å². The zero-order chi connectivity index (χ0) is 11.1. The fourth-order valence-corrected chi connectivity index (χ4v) is 2.49. The molecule has 1 rings (SSSR count). The van der Waals surface area contributed by atoms with Crippen LogP contribution in [0.1, 0.15) is 39.0 Å². The monoisotopic (exact) mass is 277 g/mol. The Labute approximate surface area is 100 Å². The maximum absolute atomic E-state index is 11.2. The fourth-order valence-electron chi connectivity index (χ4n) is 1.85. The molecule has 1 saturated heterocycles. The Balaban J connectivity index is 2.16. The highest BCUT2D eigenvalue weighted by atomic mass is 79.9. The quantitative estimate of drug-likeness (QED) is 0.440. The number of esters is 1. The van der Waals surface area contributed by atoms with E-state index in [1.165, 1.54) is 19.3 Å². The van der Waals surface area contributed by atoms with Gasteiger partial charge in [0.2, 0.25) is 0 Å². The summed E-state index contributed by atoms with van der Waals surface area (Å²) >= 11 is 3.64. The summed E-state index contributed by atoms with van der Waals surface area (Å²) in [5, 5.41) is 0. The van der Waals surface area contributed by atoms with Crippen molar-refractivity contribution in [2.75, 3.05) is 19.7 Å². The first-order chi connectivity index (χ1) is 7.24. The number of carbonyl (C=O) groups is 1. The first kappa shape index (κ1) is 13.0. The van der Waals surface area contributed by atoms with E-state index in [9.17, 15) is 4.79 Å². The topological polar surface area (TPSA) is 29.5 Å². The molecule has 1 heterocycles. The summed E-state index contributed by atoms with van der Waals surface area (Å²) in [6, 6.07) is 0. The van der Waals surface area contributed by atoms with Crippen LogP contribution >= 0.6 is 15.9 Å². The fraction of sp³-hybridized carbons (Fsp3) is 0.909. The molecule has 0 aromatic heterocycles. The van der Waals surface area contributed by atoms with Gasteiger partial charge in [0.15, 0.2) is 0 Å². The van der Waals surface area contributed by atoms with Crippen molar-refractivity contribution in [3.05, 3.63) is 0 Å². The number of piperidine rings is 1. The Bertz CT molecular complexity index is 193. The van der Waals surface area contributed by atoms with Gasteiger partial charge in [-0.25, -0.2) is 0 Å². The maximum atomic E-state index is 11.2. The van der Waals surface area contributed by atoms with Gasteiger partial charge < -0.3 is 4.74 Å². The van der Waals surface area contributed by atoms with Gasteiger partial charge in [-0.05, 0) is 39.3 Å². The number of nitrogens with zero attached hydrogens (tertiary/aromatic N) is 1. The van der Waals surface area contributed by atoms with E-state index < -0.39 is 0 Å². The number of likely N-dealkylation sites (tertiary alicyclic amines) is 1. The number of halogens is 1. The summed E-state index contributed by atoms with van der Waals surface area (Å²) in [5.74, 6) is -0.0843. The van der Waals surface area contributed by atoms with E-state index in [0.29, 0.717) is 18.0 Å². The molecular weight excluding hydrogens is 258 g/mol. The molecule has 1 atom stereocenters. The van der Waals surface area contributed by atoms with Crippen molar-refractivity contribution in [1.82, 2.24) is 4.90 Å². The maximum Gasteiger partial charge on any atom is 0.305 e. The predicted octanol–water partition coefficient (Wildman–Crippen LogP) is 2.54. The van der Waals surface area contributed by atoms with Gasteiger partial charge >= 0.3 is 5.97 Å². The third-order valence-corrected chi connectivity index (χ3v) is 3.72. The second-order valence-corrected chi connectivity index (χ2v) is 4.93. The minimum atomic E-state index is -0.0843. The van der Waals surface area contributed by atoms with E-state index in [2.05, 4.69) is 20.8 Å². The number of carbonyl (C=O) groups excluding carboxylic acids is 1. The SMILES string of the molecule is CCOC(=O)CCC(Br)N1CCCCC1. The Morgan fingerprint density at radius 3 is 2.67 bits per heavy atom. The molecule has 0 amide bonds. The van der Waals surface area contributed by atoms with Crippen LogP contribution in [0.5, 0.6) is 0 Å². The molecule has 0 aliphatic carbocycles. The van der Waals surface area contributed by atoms with E-state index in [1.54, 1.807) is 0 Å². The lowest BCUT2D eigenvalue weighted by Gasteiger charge is -2.30. The lowest BCUT2D eigenvalue weighted by Crippen LogP contribution is -2.36. The molecule has 4 heteroatoms. The van der Waals surface area contributed by atoms with E-state index in [0.717, 1.165) is 19.5 Å². The number of hydrogen-bond acceptors (Lipinski definition) is 3. The number of alkyl halides is 1. The molecule has 0 aromatic carbocycles. The van der Waals surface area contributed by atoms with Gasteiger partial charge in [-0.2, -0.15) is 0 Å². The summed E-state index contributed by atoms with van der Waals surface area (Å²) in [6.07, 6.45) is 5.26. The van der Waals surface area contributed by atoms with Crippen molar-refractivity contribution in [3.63, 3.8) is 0 Å². The van der Waals surface area contributed by atoms with Crippen LogP contribution < -0.4 is 0 Å². The van der Waals surface area contributed by atoms with Gasteiger partial charge in [0.25, 0.3) is 0 Å². The highest BCUT2D eigenvalue weighted by Gasteiger charge is 2.18. The Hall–Kier alpha value is -0.0900. The molecule has 0 aromatic rings. The van der Waals surface area contributed by atoms with Crippen LogP contribution in [0.4, 0.5) is 0 Å². The Kier molecular flexibility index (Phi) is 6.25. The molecule has 0 radical (unpaired) electrons. The predicted molar refractivity (Wildman–Crippen MR) is 64.0 cm³/mol. The first-order valence-electron chi connectivity index (χ1n) is 5.77. The summed E-state index contributed by atoms with van der Waals surface area (Å²) < 4.78 is 4.90. The highest BCUT2D eigenvalue weighted by molar-refractivity contribution is 9.09. The molecule has 0 spiro atoms. The van der Waals surface area contributed by atoms with Crippen LogP contribution in [-0.4, -0.2) is 35.5 Å². The van der Waals surface area contributed by atoms with Crippen molar-refractivity contribution in [2.45, 2.75) is 44.0 Å². The molecule has 3 nitrogen and oxygen atoms in total. The molecule has 0 N–H and O–H groups in total. The van der Waals surface area contributed by atoms with Crippen LogP contribution in [0.15, 0.2) is 0 Å². The zero-order valence-corrected chi connectivity index (χ0v) is 11.0. The molecule has 1 aliphatic heterocycles. The molecular formula is C11H20BrNO2. The number of hydrogen-bond donors (Lipinski definition) is 0. The van der Waals surface area contributed by atoms with Crippen molar-refractivity contribution in [2.24, 2.45) is 0 Å². The van der Waals surface area contributed by atoms with Crippen LogP contribution in [0.2, 0.25) is 0 Å². The summed E-state index contributed by atoms with van der Waals surface area (Å²) in [6.45, 7) is 4.63. The van der Waals surface area contributed by atoms with Gasteiger partial charge in [-0.15, -0.1) is 0 Å². The van der Waals surface area contributed by atoms with Crippen LogP contribution in [0.3, 0.4) is 0 Å². The first-order valence-corrected chi connectivity index (χ1v) is 6.69. The third-order valence-electron chi connectivity index (χ3n) is 2.68. The Morgan fingerprint density at radius 1 is 1.40 bits per heavy atom. The van der Waals surface area contributed by atoms with Crippen LogP contribution in [0.25, 0.3) is 0 Å². The minimum Gasteiger partial charge on any atom is -0.466 e. The van der Waals surface area contributed by atoms with Crippen LogP contribution in [-0.2, 0) is 9.53 Å². The van der Waals surface area contributed by atoms with E-state index >= 15 is 0 Å². The van der Waals surface area contributed by atoms with E-state index in [1.807, 2.05) is 6.92 Å². The summed E-state index contributed by atoms with van der Waals surface area (Å²) in [7, 11) is 0. The lowest BCUT2D eigenvalue weighted by atomic mass is 10.1. The van der Waals surface area contributed by atoms with Crippen molar-refractivity contribution in [3.8, 4) is 0 Å². The summed E-state index contributed by atoms with van der Waals surface area (Å²) in [5.41, 5.74) is 0. The second kappa shape index (κ2) is 7.23. The van der Waals surface area contributed by atoms with Crippen molar-refractivity contribution < 1.29 is 9.53 Å². The third kappa shape index (κ3) is 4.98. The van der Waals surface area contributed by atoms with Gasteiger partial charge in [0.1, 0.15) is 0 Å². The molecule has 1 aliphatic rings. The number of ether oxygens (including phenoxy) is 1. The van der Waals surface area contributed by atoms with Crippen molar-refractivity contribution in [1.29, 1.82) is 0 Å². The van der Waals surface area contributed by atoms with Gasteiger partial charge in [0, 0.05) is 6.42 Å². The lowest BCUT2D eigenvalue weighted by molar-refractivity contribution is -0.143. The molecule has 0 bridgehead atoms. The molecule has 15 heavy (non-hydrogen) atoms. The average Bonchev–Trinajstić information content (AvgIpc) is 2.27. The molecule has 1 unspecified atom stereocenters. The molecule has 88 valence electrons. The number of rotatable bonds is 5. The van der Waals surface area contributed by atoms with E-state index in [4.69, 9.17) is 4.74 Å². The zero-order valence-electron chi connectivity index (χ0n) is 9.38. The molecule has 0 saturated carbocycles. The normalized spacial score (nSPS) is 19.9. The Morgan fingerprint density at radius 2 is 2.07 bits per heavy atom. The van der Waals surface area contributed by atoms with Crippen molar-refractivity contribution >= 4 is 21.9 Å². The van der Waals surface area contributed by atoms with Crippen LogP contribution in [0, 0.1) is 0 Å². The van der Waals surface area contributed by atoms with E-state index in [-0.39, 0.29) is 5.97 Å². The second-order valence-electron chi connectivity index (χ2n) is 3.87. The van der Waals surface area contributed by atoms with Gasteiger partial charge in [0.05, 0.1) is 11.6 Å². The largest absolute Gasteiger partial charge is 0.466 e. The van der Waals surface area contributed by atoms with Gasteiger partial charge in [-0.1, -0.05) is 22.4 Å². The standard InChI is InChI=1S/C11H20BrNO2/c1-2-15-11(14)7-6-10(12)13-8-4-3-5-9-13/h10H,2-9H2,1H3. The molecule has 1 fully saturated rings. The average molecular weight is 278 g/mol. The highest BCUT2D eigenvalue weighted by Crippen LogP contribution is 2.19. The summed E-state index contributed by atoms with van der Waals surface area (Å²) in [4.78, 5) is 13.9. The minimum absolute atomic E-state index is 0.0843.